The highest BCUT2D eigenvalue weighted by Crippen LogP contribution is 2.28. The normalized spacial score (nSPS) is 11.3. The van der Waals surface area contributed by atoms with Crippen molar-refractivity contribution in [3.05, 3.63) is 64.6 Å². The number of rotatable bonds is 7. The summed E-state index contributed by atoms with van der Waals surface area (Å²) in [5.74, 6) is 0.578. The van der Waals surface area contributed by atoms with Crippen LogP contribution < -0.4 is 14.8 Å². The van der Waals surface area contributed by atoms with Gasteiger partial charge in [0, 0.05) is 24.0 Å². The Morgan fingerprint density at radius 3 is 2.38 bits per heavy atom. The first-order valence-corrected chi connectivity index (χ1v) is 11.2. The van der Waals surface area contributed by atoms with Gasteiger partial charge < -0.3 is 10.1 Å². The molecular weight excluding hydrogens is 434 g/mol. The molecule has 3 aromatic rings. The zero-order valence-electron chi connectivity index (χ0n) is 15.5. The lowest BCUT2D eigenvalue weighted by molar-refractivity contribution is 0.0942. The molecule has 7 nitrogen and oxygen atoms in total. The molecule has 2 aromatic heterocycles. The van der Waals surface area contributed by atoms with Crippen molar-refractivity contribution in [2.24, 2.45) is 0 Å². The molecule has 0 saturated carbocycles. The molecule has 1 amide bonds. The van der Waals surface area contributed by atoms with Crippen molar-refractivity contribution in [3.8, 4) is 11.6 Å². The second-order valence-electron chi connectivity index (χ2n) is 6.30. The Bertz CT molecular complexity index is 1100. The smallest absolute Gasteiger partial charge is 0.271 e. The summed E-state index contributed by atoms with van der Waals surface area (Å²) >= 11 is 6.78. The van der Waals surface area contributed by atoms with E-state index in [1.54, 1.807) is 36.4 Å². The number of sulfonamides is 1. The zero-order chi connectivity index (χ0) is 21.0. The number of hydrogen-bond acceptors (Lipinski definition) is 6. The van der Waals surface area contributed by atoms with Crippen LogP contribution in [-0.2, 0) is 10.0 Å². The molecule has 10 heteroatoms. The van der Waals surface area contributed by atoms with Crippen LogP contribution in [0.2, 0.25) is 4.34 Å². The third-order valence-electron chi connectivity index (χ3n) is 3.56. The van der Waals surface area contributed by atoms with E-state index in [1.807, 2.05) is 13.8 Å². The number of aromatic nitrogens is 1. The molecule has 2 N–H and O–H groups in total. The van der Waals surface area contributed by atoms with E-state index in [0.29, 0.717) is 27.2 Å². The van der Waals surface area contributed by atoms with Crippen LogP contribution >= 0.6 is 22.9 Å². The Hall–Kier alpha value is -2.62. The average Bonchev–Trinajstić information content (AvgIpc) is 3.11. The maximum atomic E-state index is 12.3. The maximum absolute atomic E-state index is 12.3. The molecule has 0 atom stereocenters. The molecule has 2 heterocycles. The van der Waals surface area contributed by atoms with Crippen LogP contribution in [0.4, 0.5) is 5.69 Å². The minimum absolute atomic E-state index is 0.0335. The highest BCUT2D eigenvalue weighted by molar-refractivity contribution is 7.94. The van der Waals surface area contributed by atoms with Crippen molar-refractivity contribution < 1.29 is 17.9 Å². The van der Waals surface area contributed by atoms with Crippen LogP contribution in [-0.4, -0.2) is 25.4 Å². The molecule has 0 fully saturated rings. The van der Waals surface area contributed by atoms with Crippen LogP contribution in [0.1, 0.15) is 24.2 Å². The van der Waals surface area contributed by atoms with Gasteiger partial charge in [0.2, 0.25) is 5.88 Å². The van der Waals surface area contributed by atoms with Gasteiger partial charge in [-0.2, -0.15) is 0 Å². The molecule has 29 heavy (non-hydrogen) atoms. The van der Waals surface area contributed by atoms with Crippen molar-refractivity contribution in [2.45, 2.75) is 24.1 Å². The van der Waals surface area contributed by atoms with E-state index < -0.39 is 10.0 Å². The third kappa shape index (κ3) is 5.69. The first-order chi connectivity index (χ1) is 13.7. The van der Waals surface area contributed by atoms with Gasteiger partial charge in [0.1, 0.15) is 9.96 Å². The molecule has 0 aliphatic carbocycles. The van der Waals surface area contributed by atoms with E-state index in [9.17, 15) is 13.2 Å². The topological polar surface area (TPSA) is 97.4 Å². The van der Waals surface area contributed by atoms with Crippen molar-refractivity contribution in [3.63, 3.8) is 0 Å². The molecule has 0 saturated heterocycles. The van der Waals surface area contributed by atoms with Crippen LogP contribution in [0.25, 0.3) is 0 Å². The van der Waals surface area contributed by atoms with Crippen LogP contribution in [0.5, 0.6) is 11.6 Å². The fraction of sp³-hybridized carbons (Fsp3) is 0.158. The van der Waals surface area contributed by atoms with Gasteiger partial charge in [-0.25, -0.2) is 13.4 Å². The van der Waals surface area contributed by atoms with E-state index in [0.717, 1.165) is 11.3 Å². The van der Waals surface area contributed by atoms with Gasteiger partial charge in [-0.1, -0.05) is 11.6 Å². The number of amides is 1. The van der Waals surface area contributed by atoms with Crippen LogP contribution in [0.15, 0.2) is 58.9 Å². The fourth-order valence-corrected chi connectivity index (χ4v) is 4.82. The summed E-state index contributed by atoms with van der Waals surface area (Å²) in [6, 6.07) is 12.6. The molecule has 0 spiro atoms. The largest absolute Gasteiger partial charge is 0.439 e. The number of hydrogen-bond donors (Lipinski definition) is 2. The van der Waals surface area contributed by atoms with Gasteiger partial charge in [-0.05, 0) is 56.3 Å². The maximum Gasteiger partial charge on any atom is 0.271 e. The quantitative estimate of drug-likeness (QED) is 0.550. The summed E-state index contributed by atoms with van der Waals surface area (Å²) < 4.78 is 33.3. The minimum atomic E-state index is -3.69. The number of thiophene rings is 1. The van der Waals surface area contributed by atoms with Crippen molar-refractivity contribution >= 4 is 44.6 Å². The lowest BCUT2D eigenvalue weighted by Crippen LogP contribution is -2.30. The van der Waals surface area contributed by atoms with E-state index in [4.69, 9.17) is 16.3 Å². The minimum Gasteiger partial charge on any atom is -0.439 e. The van der Waals surface area contributed by atoms with E-state index in [2.05, 4.69) is 15.0 Å². The number of carbonyl (C=O) groups is 1. The van der Waals surface area contributed by atoms with Crippen molar-refractivity contribution in [1.82, 2.24) is 10.3 Å². The summed E-state index contributed by atoms with van der Waals surface area (Å²) in [6.45, 7) is 3.75. The highest BCUT2D eigenvalue weighted by atomic mass is 35.5. The Morgan fingerprint density at radius 1 is 1.10 bits per heavy atom. The lowest BCUT2D eigenvalue weighted by Gasteiger charge is -2.10. The molecule has 0 unspecified atom stereocenters. The highest BCUT2D eigenvalue weighted by Gasteiger charge is 2.16. The molecule has 0 aliphatic rings. The first-order valence-electron chi connectivity index (χ1n) is 8.56. The molecule has 0 radical (unpaired) electrons. The van der Waals surface area contributed by atoms with Crippen LogP contribution in [0, 0.1) is 0 Å². The molecule has 1 aromatic carbocycles. The Balaban J connectivity index is 1.64. The first kappa shape index (κ1) is 21.1. The van der Waals surface area contributed by atoms with Gasteiger partial charge in [0.05, 0.1) is 9.90 Å². The van der Waals surface area contributed by atoms with Gasteiger partial charge in [0.25, 0.3) is 15.9 Å². The number of anilines is 1. The second-order valence-corrected chi connectivity index (χ2v) is 9.93. The summed E-state index contributed by atoms with van der Waals surface area (Å²) in [6.07, 6.45) is 1.43. The summed E-state index contributed by atoms with van der Waals surface area (Å²) in [5, 5.41) is 2.78. The number of ether oxygens (including phenoxy) is 1. The SMILES string of the molecule is CC(C)NC(=O)c1ccc(Oc2ccc(NS(=O)(=O)c3ccc(Cl)s3)cc2)nc1. The average molecular weight is 452 g/mol. The zero-order valence-corrected chi connectivity index (χ0v) is 17.9. The Kier molecular flexibility index (Phi) is 6.41. The number of halogens is 1. The number of benzene rings is 1. The summed E-state index contributed by atoms with van der Waals surface area (Å²) in [5.41, 5.74) is 0.819. The predicted molar refractivity (Wildman–Crippen MR) is 113 cm³/mol. The molecule has 152 valence electrons. The van der Waals surface area contributed by atoms with Gasteiger partial charge in [-0.15, -0.1) is 11.3 Å². The predicted octanol–water partition coefficient (Wildman–Crippen LogP) is 4.53. The molecule has 3 rings (SSSR count). The third-order valence-corrected chi connectivity index (χ3v) is 6.66. The molecule has 0 bridgehead atoms. The Morgan fingerprint density at radius 2 is 1.83 bits per heavy atom. The molecular formula is C19H18ClN3O4S2. The van der Waals surface area contributed by atoms with Gasteiger partial charge in [-0.3, -0.25) is 9.52 Å². The van der Waals surface area contributed by atoms with Crippen LogP contribution in [0.3, 0.4) is 0 Å². The monoisotopic (exact) mass is 451 g/mol. The second kappa shape index (κ2) is 8.81. The number of nitrogens with one attached hydrogen (secondary N) is 2. The summed E-state index contributed by atoms with van der Waals surface area (Å²) in [4.78, 5) is 16.0. The van der Waals surface area contributed by atoms with Gasteiger partial charge in [0.15, 0.2) is 0 Å². The number of carbonyl (C=O) groups excluding carboxylic acids is 1. The number of pyridine rings is 1. The van der Waals surface area contributed by atoms with E-state index in [-0.39, 0.29) is 16.2 Å². The number of nitrogens with zero attached hydrogens (tertiary/aromatic N) is 1. The summed E-state index contributed by atoms with van der Waals surface area (Å²) in [7, 11) is -3.69. The lowest BCUT2D eigenvalue weighted by atomic mass is 10.2. The van der Waals surface area contributed by atoms with Crippen molar-refractivity contribution in [1.29, 1.82) is 0 Å². The van der Waals surface area contributed by atoms with Gasteiger partial charge >= 0.3 is 0 Å². The molecule has 0 aliphatic heterocycles. The standard InChI is InChI=1S/C19H18ClN3O4S2/c1-12(2)22-19(24)13-3-9-17(21-11-13)27-15-6-4-14(5-7-15)23-29(25,26)18-10-8-16(20)28-18/h3-12,23H,1-2H3,(H,22,24). The van der Waals surface area contributed by atoms with Crippen molar-refractivity contribution in [2.75, 3.05) is 4.72 Å². The van der Waals surface area contributed by atoms with E-state index >= 15 is 0 Å². The Labute approximate surface area is 177 Å². The van der Waals surface area contributed by atoms with E-state index in [1.165, 1.54) is 18.3 Å². The fourth-order valence-electron chi connectivity index (χ4n) is 2.28.